The molecule has 0 atom stereocenters. The first-order valence-corrected chi connectivity index (χ1v) is 9.45. The maximum absolute atomic E-state index is 11.6. The normalized spacial score (nSPS) is 13.7. The van der Waals surface area contributed by atoms with Crippen LogP contribution in [0.25, 0.3) is 6.08 Å². The molecule has 2 heterocycles. The average Bonchev–Trinajstić information content (AvgIpc) is 2.67. The SMILES string of the molecule is O=C(O)/C(=C/c1cc2c(cc1O)CCCO2)CCCCCc1cccnc1. The molecular weight excluding hydrogens is 342 g/mol. The molecule has 0 saturated heterocycles. The molecule has 0 bridgehead atoms. The Morgan fingerprint density at radius 2 is 2.15 bits per heavy atom. The van der Waals surface area contributed by atoms with Gasteiger partial charge in [0.1, 0.15) is 11.5 Å². The van der Waals surface area contributed by atoms with Crippen LogP contribution in [-0.4, -0.2) is 27.8 Å². The molecule has 0 fully saturated rings. The van der Waals surface area contributed by atoms with E-state index in [9.17, 15) is 15.0 Å². The number of aromatic hydroxyl groups is 1. The number of aryl methyl sites for hydroxylation is 2. The van der Waals surface area contributed by atoms with E-state index in [4.69, 9.17) is 4.74 Å². The van der Waals surface area contributed by atoms with Crippen molar-refractivity contribution in [2.45, 2.75) is 44.9 Å². The molecular formula is C22H25NO4. The van der Waals surface area contributed by atoms with Gasteiger partial charge in [-0.05, 0) is 73.9 Å². The van der Waals surface area contributed by atoms with Crippen molar-refractivity contribution in [2.75, 3.05) is 6.61 Å². The van der Waals surface area contributed by atoms with Gasteiger partial charge in [-0.25, -0.2) is 4.79 Å². The molecule has 1 aromatic heterocycles. The molecule has 5 nitrogen and oxygen atoms in total. The van der Waals surface area contributed by atoms with Gasteiger partial charge in [0.2, 0.25) is 0 Å². The minimum atomic E-state index is -0.944. The summed E-state index contributed by atoms with van der Waals surface area (Å²) in [5.74, 6) is -0.0959. The molecule has 1 aliphatic rings. The van der Waals surface area contributed by atoms with Gasteiger partial charge in [-0.2, -0.15) is 0 Å². The maximum atomic E-state index is 11.6. The first-order chi connectivity index (χ1) is 13.1. The van der Waals surface area contributed by atoms with Gasteiger partial charge in [0.25, 0.3) is 0 Å². The standard InChI is InChI=1S/C22H25NO4/c24-20-13-17-9-5-11-27-21(17)14-19(20)12-18(22(25)26)8-3-1-2-6-16-7-4-10-23-15-16/h4,7,10,12-15,24H,1-3,5-6,8-9,11H2,(H,25,26)/b18-12+. The minimum absolute atomic E-state index is 0.106. The second kappa shape index (κ2) is 9.21. The molecule has 0 radical (unpaired) electrons. The average molecular weight is 367 g/mol. The fourth-order valence-corrected chi connectivity index (χ4v) is 3.31. The minimum Gasteiger partial charge on any atom is -0.507 e. The molecule has 2 aromatic rings. The third kappa shape index (κ3) is 5.33. The number of carbonyl (C=O) groups is 1. The predicted octanol–water partition coefficient (Wildman–Crippen LogP) is 4.38. The molecule has 0 spiro atoms. The summed E-state index contributed by atoms with van der Waals surface area (Å²) in [6, 6.07) is 7.41. The molecule has 27 heavy (non-hydrogen) atoms. The zero-order chi connectivity index (χ0) is 19.1. The number of carboxylic acids is 1. The van der Waals surface area contributed by atoms with Crippen molar-refractivity contribution in [1.82, 2.24) is 4.98 Å². The lowest BCUT2D eigenvalue weighted by Gasteiger charge is -2.18. The van der Waals surface area contributed by atoms with E-state index in [2.05, 4.69) is 11.1 Å². The van der Waals surface area contributed by atoms with Crippen LogP contribution >= 0.6 is 0 Å². The highest BCUT2D eigenvalue weighted by molar-refractivity contribution is 5.92. The smallest absolute Gasteiger partial charge is 0.331 e. The van der Waals surface area contributed by atoms with E-state index in [1.807, 2.05) is 12.3 Å². The number of nitrogens with zero attached hydrogens (tertiary/aromatic N) is 1. The summed E-state index contributed by atoms with van der Waals surface area (Å²) in [5.41, 5.74) is 2.99. The summed E-state index contributed by atoms with van der Waals surface area (Å²) in [4.78, 5) is 15.7. The number of benzene rings is 1. The number of fused-ring (bicyclic) bond motifs is 1. The molecule has 3 rings (SSSR count). The molecule has 5 heteroatoms. The second-order valence-corrected chi connectivity index (χ2v) is 6.87. The van der Waals surface area contributed by atoms with Crippen LogP contribution in [0.15, 0.2) is 42.2 Å². The van der Waals surface area contributed by atoms with Gasteiger partial charge in [0.05, 0.1) is 6.61 Å². The van der Waals surface area contributed by atoms with Crippen molar-refractivity contribution in [2.24, 2.45) is 0 Å². The van der Waals surface area contributed by atoms with E-state index < -0.39 is 5.97 Å². The van der Waals surface area contributed by atoms with Crippen LogP contribution in [0.3, 0.4) is 0 Å². The van der Waals surface area contributed by atoms with Crippen LogP contribution in [-0.2, 0) is 17.6 Å². The van der Waals surface area contributed by atoms with Gasteiger partial charge in [0, 0.05) is 23.5 Å². The summed E-state index contributed by atoms with van der Waals surface area (Å²) < 4.78 is 5.62. The van der Waals surface area contributed by atoms with Crippen molar-refractivity contribution in [3.05, 3.63) is 58.9 Å². The highest BCUT2D eigenvalue weighted by atomic mass is 16.5. The highest BCUT2D eigenvalue weighted by Crippen LogP contribution is 2.33. The Labute approximate surface area is 159 Å². The molecule has 0 saturated carbocycles. The molecule has 0 aliphatic carbocycles. The van der Waals surface area contributed by atoms with Crippen LogP contribution in [0.4, 0.5) is 0 Å². The molecule has 1 aromatic carbocycles. The third-order valence-corrected chi connectivity index (χ3v) is 4.80. The summed E-state index contributed by atoms with van der Waals surface area (Å²) in [5, 5.41) is 19.7. The summed E-state index contributed by atoms with van der Waals surface area (Å²) in [6.45, 7) is 0.656. The van der Waals surface area contributed by atoms with E-state index in [0.29, 0.717) is 24.2 Å². The van der Waals surface area contributed by atoms with Crippen molar-refractivity contribution >= 4 is 12.0 Å². The number of aliphatic carboxylic acids is 1. The zero-order valence-corrected chi connectivity index (χ0v) is 15.4. The zero-order valence-electron chi connectivity index (χ0n) is 15.4. The first-order valence-electron chi connectivity index (χ1n) is 9.45. The van der Waals surface area contributed by atoms with Crippen molar-refractivity contribution in [1.29, 1.82) is 0 Å². The van der Waals surface area contributed by atoms with Gasteiger partial charge < -0.3 is 14.9 Å². The number of hydrogen-bond donors (Lipinski definition) is 2. The van der Waals surface area contributed by atoms with Gasteiger partial charge in [-0.15, -0.1) is 0 Å². The van der Waals surface area contributed by atoms with E-state index in [0.717, 1.165) is 49.8 Å². The van der Waals surface area contributed by atoms with Crippen LogP contribution in [0.5, 0.6) is 11.5 Å². The molecule has 1 aliphatic heterocycles. The molecule has 0 amide bonds. The van der Waals surface area contributed by atoms with Crippen LogP contribution < -0.4 is 4.74 Å². The number of hydrogen-bond acceptors (Lipinski definition) is 4. The van der Waals surface area contributed by atoms with Crippen molar-refractivity contribution < 1.29 is 19.7 Å². The maximum Gasteiger partial charge on any atom is 0.331 e. The fraction of sp³-hybridized carbons (Fsp3) is 0.364. The summed E-state index contributed by atoms with van der Waals surface area (Å²) in [6.07, 6.45) is 11.1. The number of rotatable bonds is 8. The molecule has 0 unspecified atom stereocenters. The predicted molar refractivity (Wildman–Crippen MR) is 104 cm³/mol. The Morgan fingerprint density at radius 3 is 2.93 bits per heavy atom. The van der Waals surface area contributed by atoms with Crippen LogP contribution in [0.1, 0.15) is 48.8 Å². The lowest BCUT2D eigenvalue weighted by Crippen LogP contribution is -2.08. The van der Waals surface area contributed by atoms with E-state index in [1.165, 1.54) is 5.56 Å². The topological polar surface area (TPSA) is 79.7 Å². The first kappa shape index (κ1) is 19.0. The van der Waals surface area contributed by atoms with E-state index in [1.54, 1.807) is 24.4 Å². The number of aromatic nitrogens is 1. The van der Waals surface area contributed by atoms with Crippen LogP contribution in [0.2, 0.25) is 0 Å². The van der Waals surface area contributed by atoms with Gasteiger partial charge in [-0.3, -0.25) is 4.98 Å². The quantitative estimate of drug-likeness (QED) is 0.534. The third-order valence-electron chi connectivity index (χ3n) is 4.80. The Morgan fingerprint density at radius 1 is 1.26 bits per heavy atom. The van der Waals surface area contributed by atoms with Gasteiger partial charge >= 0.3 is 5.97 Å². The summed E-state index contributed by atoms with van der Waals surface area (Å²) >= 11 is 0. The van der Waals surface area contributed by atoms with E-state index >= 15 is 0 Å². The lowest BCUT2D eigenvalue weighted by molar-refractivity contribution is -0.132. The second-order valence-electron chi connectivity index (χ2n) is 6.87. The lowest BCUT2D eigenvalue weighted by atomic mass is 9.99. The highest BCUT2D eigenvalue weighted by Gasteiger charge is 2.15. The van der Waals surface area contributed by atoms with Crippen LogP contribution in [0, 0.1) is 0 Å². The number of carboxylic acid groups (broad SMARTS) is 1. The number of phenols is 1. The molecule has 142 valence electrons. The Kier molecular flexibility index (Phi) is 6.47. The van der Waals surface area contributed by atoms with Crippen molar-refractivity contribution in [3.63, 3.8) is 0 Å². The Bertz CT molecular complexity index is 815. The van der Waals surface area contributed by atoms with Gasteiger partial charge in [-0.1, -0.05) is 12.5 Å². The monoisotopic (exact) mass is 367 g/mol. The molecule has 2 N–H and O–H groups in total. The number of ether oxygens (including phenoxy) is 1. The fourth-order valence-electron chi connectivity index (χ4n) is 3.31. The summed E-state index contributed by atoms with van der Waals surface area (Å²) in [7, 11) is 0. The van der Waals surface area contributed by atoms with Crippen molar-refractivity contribution in [3.8, 4) is 11.5 Å². The van der Waals surface area contributed by atoms with E-state index in [-0.39, 0.29) is 5.75 Å². The van der Waals surface area contributed by atoms with Gasteiger partial charge in [0.15, 0.2) is 0 Å². The Balaban J connectivity index is 1.59. The number of unbranched alkanes of at least 4 members (excludes halogenated alkanes) is 2. The number of pyridine rings is 1. The number of phenolic OH excluding ortho intramolecular Hbond substituents is 1. The Hall–Kier alpha value is -2.82. The largest absolute Gasteiger partial charge is 0.507 e.